The van der Waals surface area contributed by atoms with Crippen molar-refractivity contribution in [2.45, 2.75) is 6.10 Å². The van der Waals surface area contributed by atoms with Gasteiger partial charge in [-0.15, -0.1) is 0 Å². The van der Waals surface area contributed by atoms with Crippen molar-refractivity contribution in [2.75, 3.05) is 13.3 Å². The Morgan fingerprint density at radius 3 is 2.27 bits per heavy atom. The van der Waals surface area contributed by atoms with Crippen LogP contribution in [-0.4, -0.2) is 40.5 Å². The quantitative estimate of drug-likeness (QED) is 0.497. The number of carboxylic acids is 1. The number of carbonyl (C=O) groups is 1. The summed E-state index contributed by atoms with van der Waals surface area (Å²) in [5.41, 5.74) is 0. The van der Waals surface area contributed by atoms with E-state index in [1.54, 1.807) is 0 Å². The molecule has 7 heteroatoms. The second-order valence-electron chi connectivity index (χ2n) is 1.92. The van der Waals surface area contributed by atoms with Crippen LogP contribution in [0.4, 0.5) is 0 Å². The molecule has 66 valence electrons. The molecule has 2 unspecified atom stereocenters. The van der Waals surface area contributed by atoms with Crippen LogP contribution >= 0.6 is 7.60 Å². The summed E-state index contributed by atoms with van der Waals surface area (Å²) in [7, 11) is -3.83. The Morgan fingerprint density at radius 1 is 1.73 bits per heavy atom. The molecule has 0 saturated carbocycles. The summed E-state index contributed by atoms with van der Waals surface area (Å²) in [6, 6.07) is 0. The second kappa shape index (κ2) is 3.82. The summed E-state index contributed by atoms with van der Waals surface area (Å²) in [6.45, 7) is 0.0202. The molecule has 0 fully saturated rings. The van der Waals surface area contributed by atoms with Crippen LogP contribution in [0.25, 0.3) is 0 Å². The SMILES string of the molecule is CP(=O)(O)OC(CO)C(=O)O. The van der Waals surface area contributed by atoms with Crippen molar-refractivity contribution in [2.24, 2.45) is 0 Å². The van der Waals surface area contributed by atoms with Gasteiger partial charge in [-0.2, -0.15) is 0 Å². The smallest absolute Gasteiger partial charge is 0.335 e. The van der Waals surface area contributed by atoms with Gasteiger partial charge in [-0.05, 0) is 0 Å². The maximum atomic E-state index is 10.4. The van der Waals surface area contributed by atoms with Gasteiger partial charge in [-0.1, -0.05) is 0 Å². The first-order valence-corrected chi connectivity index (χ1v) is 4.71. The van der Waals surface area contributed by atoms with Gasteiger partial charge in [0.25, 0.3) is 0 Å². The molecule has 0 saturated heterocycles. The molecule has 0 bridgehead atoms. The Morgan fingerprint density at radius 2 is 2.18 bits per heavy atom. The number of aliphatic carboxylic acids is 1. The van der Waals surface area contributed by atoms with Gasteiger partial charge in [0.05, 0.1) is 6.61 Å². The van der Waals surface area contributed by atoms with Crippen molar-refractivity contribution in [3.05, 3.63) is 0 Å². The van der Waals surface area contributed by atoms with Gasteiger partial charge >= 0.3 is 13.6 Å². The van der Waals surface area contributed by atoms with E-state index >= 15 is 0 Å². The molecule has 0 aliphatic heterocycles. The molecule has 0 aliphatic carbocycles. The molecule has 0 aliphatic rings. The zero-order valence-electron chi connectivity index (χ0n) is 5.80. The predicted octanol–water partition coefficient (Wildman–Crippen LogP) is -0.736. The van der Waals surface area contributed by atoms with E-state index in [2.05, 4.69) is 4.52 Å². The van der Waals surface area contributed by atoms with Gasteiger partial charge in [-0.3, -0.25) is 9.09 Å². The monoisotopic (exact) mass is 184 g/mol. The van der Waals surface area contributed by atoms with Crippen molar-refractivity contribution in [1.82, 2.24) is 0 Å². The maximum Gasteiger partial charge on any atom is 0.335 e. The van der Waals surface area contributed by atoms with Gasteiger partial charge in [0, 0.05) is 6.66 Å². The van der Waals surface area contributed by atoms with E-state index in [0.29, 0.717) is 0 Å². The molecule has 6 nitrogen and oxygen atoms in total. The van der Waals surface area contributed by atoms with Crippen molar-refractivity contribution in [3.63, 3.8) is 0 Å². The van der Waals surface area contributed by atoms with Crippen molar-refractivity contribution in [3.8, 4) is 0 Å². The fraction of sp³-hybridized carbons (Fsp3) is 0.750. The van der Waals surface area contributed by atoms with Crippen LogP contribution in [0, 0.1) is 0 Å². The number of aliphatic hydroxyl groups is 1. The Kier molecular flexibility index (Phi) is 3.68. The maximum absolute atomic E-state index is 10.4. The first-order chi connectivity index (χ1) is 4.87. The molecule has 2 atom stereocenters. The molecule has 0 rings (SSSR count). The highest BCUT2D eigenvalue weighted by Crippen LogP contribution is 2.38. The minimum absolute atomic E-state index is 0.826. The van der Waals surface area contributed by atoms with E-state index in [1.807, 2.05) is 0 Å². The lowest BCUT2D eigenvalue weighted by Gasteiger charge is -2.11. The van der Waals surface area contributed by atoms with Gasteiger partial charge in [0.2, 0.25) is 0 Å². The van der Waals surface area contributed by atoms with Crippen molar-refractivity contribution in [1.29, 1.82) is 0 Å². The first kappa shape index (κ1) is 10.6. The summed E-state index contributed by atoms with van der Waals surface area (Å²) in [5.74, 6) is -1.47. The predicted molar refractivity (Wildman–Crippen MR) is 35.3 cm³/mol. The summed E-state index contributed by atoms with van der Waals surface area (Å²) < 4.78 is 14.6. The van der Waals surface area contributed by atoms with Gasteiger partial charge < -0.3 is 15.1 Å². The van der Waals surface area contributed by atoms with Crippen LogP contribution in [0.15, 0.2) is 0 Å². The second-order valence-corrected chi connectivity index (χ2v) is 3.73. The standard InChI is InChI=1S/C4H9O6P/c1-11(8,9)10-3(2-5)4(6)7/h3,5H,2H2,1H3,(H,6,7)(H,8,9). The van der Waals surface area contributed by atoms with Crippen LogP contribution in [0.5, 0.6) is 0 Å². The Balaban J connectivity index is 4.10. The molecule has 0 radical (unpaired) electrons. The lowest BCUT2D eigenvalue weighted by molar-refractivity contribution is -0.147. The number of hydrogen-bond donors (Lipinski definition) is 3. The topological polar surface area (TPSA) is 104 Å². The number of rotatable bonds is 4. The van der Waals surface area contributed by atoms with E-state index < -0.39 is 26.3 Å². The minimum atomic E-state index is -3.83. The van der Waals surface area contributed by atoms with Crippen molar-refractivity contribution >= 4 is 13.6 Å². The average molecular weight is 184 g/mol. The third kappa shape index (κ3) is 4.92. The molecule has 0 aromatic rings. The highest BCUT2D eigenvalue weighted by Gasteiger charge is 2.24. The van der Waals surface area contributed by atoms with E-state index in [0.717, 1.165) is 6.66 Å². The molecule has 0 amide bonds. The third-order valence-corrected chi connectivity index (χ3v) is 1.41. The normalized spacial score (nSPS) is 18.8. The molecular weight excluding hydrogens is 175 g/mol. The van der Waals surface area contributed by atoms with Crippen LogP contribution in [0.3, 0.4) is 0 Å². The van der Waals surface area contributed by atoms with Crippen LogP contribution in [-0.2, 0) is 13.9 Å². The summed E-state index contributed by atoms with van der Waals surface area (Å²) in [5, 5.41) is 16.5. The number of carboxylic acid groups (broad SMARTS) is 1. The molecule has 11 heavy (non-hydrogen) atoms. The largest absolute Gasteiger partial charge is 0.479 e. The van der Waals surface area contributed by atoms with Crippen LogP contribution in [0.1, 0.15) is 0 Å². The molecule has 3 N–H and O–H groups in total. The van der Waals surface area contributed by atoms with Crippen LogP contribution in [0.2, 0.25) is 0 Å². The first-order valence-electron chi connectivity index (χ1n) is 2.69. The van der Waals surface area contributed by atoms with E-state index in [-0.39, 0.29) is 0 Å². The van der Waals surface area contributed by atoms with Gasteiger partial charge in [0.1, 0.15) is 0 Å². The molecule has 0 aromatic heterocycles. The summed E-state index contributed by atoms with van der Waals surface area (Å²) in [4.78, 5) is 18.6. The Labute approximate surface area is 63.0 Å². The lowest BCUT2D eigenvalue weighted by Crippen LogP contribution is -2.26. The van der Waals surface area contributed by atoms with Crippen LogP contribution < -0.4 is 0 Å². The number of aliphatic hydroxyl groups excluding tert-OH is 1. The number of hydrogen-bond acceptors (Lipinski definition) is 4. The summed E-state index contributed by atoms with van der Waals surface area (Å²) in [6.07, 6.45) is -1.63. The van der Waals surface area contributed by atoms with E-state index in [4.69, 9.17) is 15.1 Å². The van der Waals surface area contributed by atoms with E-state index in [9.17, 15) is 9.36 Å². The zero-order valence-corrected chi connectivity index (χ0v) is 6.69. The Hall–Kier alpha value is -0.420. The van der Waals surface area contributed by atoms with Crippen molar-refractivity contribution < 1.29 is 29.0 Å². The molecule has 0 aromatic carbocycles. The highest BCUT2D eigenvalue weighted by atomic mass is 31.2. The molecule has 0 spiro atoms. The van der Waals surface area contributed by atoms with Gasteiger partial charge in [-0.25, -0.2) is 4.79 Å². The van der Waals surface area contributed by atoms with Gasteiger partial charge in [0.15, 0.2) is 6.10 Å². The fourth-order valence-electron chi connectivity index (χ4n) is 0.393. The average Bonchev–Trinajstić information content (AvgIpc) is 1.80. The fourth-order valence-corrected chi connectivity index (χ4v) is 1.02. The highest BCUT2D eigenvalue weighted by molar-refractivity contribution is 7.51. The minimum Gasteiger partial charge on any atom is -0.479 e. The molecule has 0 heterocycles. The zero-order chi connectivity index (χ0) is 9.07. The Bertz CT molecular complexity index is 183. The lowest BCUT2D eigenvalue weighted by atomic mass is 10.4. The third-order valence-electron chi connectivity index (χ3n) is 0.764. The summed E-state index contributed by atoms with van der Waals surface area (Å²) >= 11 is 0. The van der Waals surface area contributed by atoms with E-state index in [1.165, 1.54) is 0 Å². The molecular formula is C4H9O6P.